The molecule has 4 heteroatoms. The van der Waals surface area contributed by atoms with Gasteiger partial charge in [0.2, 0.25) is 0 Å². The number of ether oxygens (including phenoxy) is 1. The van der Waals surface area contributed by atoms with Gasteiger partial charge in [0.1, 0.15) is 17.9 Å². The van der Waals surface area contributed by atoms with Gasteiger partial charge >= 0.3 is 5.97 Å². The molecule has 2 rings (SSSR count). The summed E-state index contributed by atoms with van der Waals surface area (Å²) in [5.74, 6) is -0.0990. The van der Waals surface area contributed by atoms with Crippen LogP contribution in [0.1, 0.15) is 50.5 Å². The van der Waals surface area contributed by atoms with Crippen molar-refractivity contribution < 1.29 is 14.6 Å². The number of rotatable bonds is 4. The van der Waals surface area contributed by atoms with E-state index >= 15 is 0 Å². The van der Waals surface area contributed by atoms with Crippen molar-refractivity contribution in [3.8, 4) is 5.75 Å². The highest BCUT2D eigenvalue weighted by atomic mass is 16.5. The quantitative estimate of drug-likeness (QED) is 0.837. The molecule has 0 aromatic heterocycles. The van der Waals surface area contributed by atoms with E-state index in [9.17, 15) is 9.90 Å². The summed E-state index contributed by atoms with van der Waals surface area (Å²) in [7, 11) is 0. The molecule has 1 aliphatic carbocycles. The Labute approximate surface area is 126 Å². The molecule has 0 radical (unpaired) electrons. The fourth-order valence-electron chi connectivity index (χ4n) is 2.76. The van der Waals surface area contributed by atoms with E-state index in [4.69, 9.17) is 10.5 Å². The zero-order chi connectivity index (χ0) is 15.1. The van der Waals surface area contributed by atoms with Crippen molar-refractivity contribution in [3.05, 3.63) is 29.8 Å². The summed E-state index contributed by atoms with van der Waals surface area (Å²) in [4.78, 5) is 12.1. The maximum atomic E-state index is 12.1. The smallest absolute Gasteiger partial charge is 0.323 e. The lowest BCUT2D eigenvalue weighted by atomic mass is 9.98. The Hall–Kier alpha value is -1.55. The van der Waals surface area contributed by atoms with Crippen LogP contribution in [0.15, 0.2) is 24.3 Å². The van der Waals surface area contributed by atoms with Gasteiger partial charge in [0, 0.05) is 0 Å². The Kier molecular flexibility index (Phi) is 6.05. The number of nitrogens with two attached hydrogens (primary N) is 1. The number of carbonyl (C=O) groups excluding carboxylic acids is 1. The molecule has 1 fully saturated rings. The molecule has 0 bridgehead atoms. The van der Waals surface area contributed by atoms with Crippen LogP contribution in [0.2, 0.25) is 0 Å². The van der Waals surface area contributed by atoms with Gasteiger partial charge in [-0.25, -0.2) is 0 Å². The topological polar surface area (TPSA) is 72.5 Å². The third-order valence-corrected chi connectivity index (χ3v) is 4.03. The Morgan fingerprint density at radius 1 is 1.14 bits per heavy atom. The largest absolute Gasteiger partial charge is 0.508 e. The molecule has 3 N–H and O–H groups in total. The van der Waals surface area contributed by atoms with Gasteiger partial charge in [-0.2, -0.15) is 0 Å². The molecule has 4 nitrogen and oxygen atoms in total. The molecule has 21 heavy (non-hydrogen) atoms. The first-order chi connectivity index (χ1) is 10.1. The van der Waals surface area contributed by atoms with Crippen LogP contribution in [-0.4, -0.2) is 23.2 Å². The Morgan fingerprint density at radius 3 is 2.33 bits per heavy atom. The van der Waals surface area contributed by atoms with E-state index in [0.717, 1.165) is 31.2 Å². The number of carbonyl (C=O) groups is 1. The minimum atomic E-state index is -0.639. The van der Waals surface area contributed by atoms with Crippen molar-refractivity contribution in [1.82, 2.24) is 0 Å². The Bertz CT molecular complexity index is 436. The van der Waals surface area contributed by atoms with Crippen molar-refractivity contribution in [3.63, 3.8) is 0 Å². The molecule has 1 atom stereocenters. The Balaban J connectivity index is 1.82. The molecular formula is C17H25NO3. The molecule has 116 valence electrons. The average Bonchev–Trinajstić information content (AvgIpc) is 2.44. The molecule has 0 amide bonds. The monoisotopic (exact) mass is 291 g/mol. The van der Waals surface area contributed by atoms with Crippen LogP contribution in [0, 0.1) is 0 Å². The van der Waals surface area contributed by atoms with Crippen LogP contribution >= 0.6 is 0 Å². The summed E-state index contributed by atoms with van der Waals surface area (Å²) in [5, 5.41) is 9.24. The van der Waals surface area contributed by atoms with Crippen molar-refractivity contribution in [2.24, 2.45) is 5.73 Å². The number of phenols is 1. The second-order valence-corrected chi connectivity index (χ2v) is 5.88. The van der Waals surface area contributed by atoms with Crippen LogP contribution in [0.4, 0.5) is 0 Å². The predicted molar refractivity (Wildman–Crippen MR) is 82.0 cm³/mol. The van der Waals surface area contributed by atoms with Gasteiger partial charge in [-0.1, -0.05) is 31.4 Å². The second-order valence-electron chi connectivity index (χ2n) is 5.88. The summed E-state index contributed by atoms with van der Waals surface area (Å²) in [6.07, 6.45) is 8.39. The maximum absolute atomic E-state index is 12.1. The molecule has 1 aromatic rings. The molecule has 0 heterocycles. The minimum absolute atomic E-state index is 0.0312. The summed E-state index contributed by atoms with van der Waals surface area (Å²) < 4.78 is 5.57. The summed E-state index contributed by atoms with van der Waals surface area (Å²) in [6.45, 7) is 0. The number of aromatic hydroxyl groups is 1. The number of hydrogen-bond donors (Lipinski definition) is 2. The fourth-order valence-corrected chi connectivity index (χ4v) is 2.76. The molecular weight excluding hydrogens is 266 g/mol. The van der Waals surface area contributed by atoms with Crippen LogP contribution in [0.5, 0.6) is 5.75 Å². The van der Waals surface area contributed by atoms with Crippen LogP contribution in [0.25, 0.3) is 0 Å². The fraction of sp³-hybridized carbons (Fsp3) is 0.588. The number of phenolic OH excluding ortho intramolecular Hbond substituents is 1. The third-order valence-electron chi connectivity index (χ3n) is 4.03. The van der Waals surface area contributed by atoms with Crippen LogP contribution in [-0.2, 0) is 16.0 Å². The molecule has 0 spiro atoms. The lowest BCUT2D eigenvalue weighted by Gasteiger charge is -2.22. The highest BCUT2D eigenvalue weighted by Gasteiger charge is 2.21. The van der Waals surface area contributed by atoms with Gasteiger partial charge in [0.05, 0.1) is 0 Å². The average molecular weight is 291 g/mol. The van der Waals surface area contributed by atoms with Crippen molar-refractivity contribution in [2.75, 3.05) is 0 Å². The zero-order valence-electron chi connectivity index (χ0n) is 12.5. The van der Waals surface area contributed by atoms with Gasteiger partial charge in [0.15, 0.2) is 0 Å². The van der Waals surface area contributed by atoms with Gasteiger partial charge < -0.3 is 15.6 Å². The summed E-state index contributed by atoms with van der Waals surface area (Å²) in [5.41, 5.74) is 6.86. The number of hydrogen-bond acceptors (Lipinski definition) is 4. The summed E-state index contributed by atoms with van der Waals surface area (Å²) in [6, 6.07) is 6.11. The van der Waals surface area contributed by atoms with E-state index in [1.807, 2.05) is 0 Å². The first-order valence-electron chi connectivity index (χ1n) is 7.89. The first-order valence-corrected chi connectivity index (χ1v) is 7.89. The van der Waals surface area contributed by atoms with E-state index in [-0.39, 0.29) is 17.8 Å². The van der Waals surface area contributed by atoms with E-state index in [0.29, 0.717) is 6.42 Å². The van der Waals surface area contributed by atoms with Crippen molar-refractivity contribution >= 4 is 5.97 Å². The highest BCUT2D eigenvalue weighted by molar-refractivity contribution is 5.76. The normalized spacial score (nSPS) is 18.5. The van der Waals surface area contributed by atoms with Gasteiger partial charge in [0.25, 0.3) is 0 Å². The molecule has 0 unspecified atom stereocenters. The Morgan fingerprint density at radius 2 is 1.71 bits per heavy atom. The molecule has 0 saturated heterocycles. The van der Waals surface area contributed by atoms with E-state index in [1.54, 1.807) is 24.3 Å². The van der Waals surface area contributed by atoms with Gasteiger partial charge in [-0.05, 0) is 49.8 Å². The minimum Gasteiger partial charge on any atom is -0.508 e. The molecule has 0 aliphatic heterocycles. The number of esters is 1. The lowest BCUT2D eigenvalue weighted by Crippen LogP contribution is -2.37. The molecule has 1 aliphatic rings. The lowest BCUT2D eigenvalue weighted by molar-refractivity contribution is -0.151. The van der Waals surface area contributed by atoms with Crippen molar-refractivity contribution in [1.29, 1.82) is 0 Å². The van der Waals surface area contributed by atoms with Gasteiger partial charge in [-0.3, -0.25) is 4.79 Å². The van der Waals surface area contributed by atoms with E-state index < -0.39 is 6.04 Å². The van der Waals surface area contributed by atoms with Crippen molar-refractivity contribution in [2.45, 2.75) is 63.5 Å². The molecule has 1 aromatic carbocycles. The third kappa shape index (κ3) is 5.38. The molecule has 1 saturated carbocycles. The first kappa shape index (κ1) is 15.8. The predicted octanol–water partition coefficient (Wildman–Crippen LogP) is 2.92. The number of benzene rings is 1. The summed E-state index contributed by atoms with van der Waals surface area (Å²) >= 11 is 0. The van der Waals surface area contributed by atoms with Crippen LogP contribution < -0.4 is 5.73 Å². The van der Waals surface area contributed by atoms with Crippen LogP contribution in [0.3, 0.4) is 0 Å². The van der Waals surface area contributed by atoms with E-state index in [1.165, 1.54) is 19.3 Å². The second kappa shape index (κ2) is 8.03. The zero-order valence-corrected chi connectivity index (χ0v) is 12.5. The van der Waals surface area contributed by atoms with E-state index in [2.05, 4.69) is 0 Å². The highest BCUT2D eigenvalue weighted by Crippen LogP contribution is 2.20. The standard InChI is InChI=1S/C17H25NO3/c18-16(12-13-8-10-14(19)11-9-13)17(20)21-15-6-4-2-1-3-5-7-15/h8-11,15-16,19H,1-7,12,18H2/t16-/m0/s1. The maximum Gasteiger partial charge on any atom is 0.323 e. The van der Waals surface area contributed by atoms with Gasteiger partial charge in [-0.15, -0.1) is 0 Å². The SMILES string of the molecule is N[C@@H](Cc1ccc(O)cc1)C(=O)OC1CCCCCCC1.